The lowest BCUT2D eigenvalue weighted by atomic mass is 10.2. The van der Waals surface area contributed by atoms with Gasteiger partial charge >= 0.3 is 0 Å². The van der Waals surface area contributed by atoms with Crippen molar-refractivity contribution in [3.8, 4) is 0 Å². The summed E-state index contributed by atoms with van der Waals surface area (Å²) >= 11 is 1.29. The Morgan fingerprint density at radius 3 is 3.12 bits per heavy atom. The monoisotopic (exact) mass is 347 g/mol. The first-order valence-electron chi connectivity index (χ1n) is 8.16. The van der Waals surface area contributed by atoms with Gasteiger partial charge in [-0.3, -0.25) is 9.59 Å². The third-order valence-electron chi connectivity index (χ3n) is 3.95. The molecule has 1 aromatic heterocycles. The van der Waals surface area contributed by atoms with Crippen LogP contribution in [0.1, 0.15) is 24.8 Å². The summed E-state index contributed by atoms with van der Waals surface area (Å²) in [4.78, 5) is 29.6. The van der Waals surface area contributed by atoms with E-state index >= 15 is 0 Å². The van der Waals surface area contributed by atoms with Gasteiger partial charge in [0.2, 0.25) is 11.8 Å². The smallest absolute Gasteiger partial charge is 0.257 e. The number of hydrogen-bond donors (Lipinski definition) is 1. The van der Waals surface area contributed by atoms with Gasteiger partial charge in [0.05, 0.1) is 5.75 Å². The number of amides is 2. The van der Waals surface area contributed by atoms with Crippen LogP contribution < -0.4 is 5.32 Å². The molecule has 24 heavy (non-hydrogen) atoms. The lowest BCUT2D eigenvalue weighted by Gasteiger charge is -2.15. The molecule has 1 aromatic carbocycles. The van der Waals surface area contributed by atoms with Gasteiger partial charge in [0.25, 0.3) is 5.22 Å². The van der Waals surface area contributed by atoms with Gasteiger partial charge in [0, 0.05) is 26.1 Å². The molecule has 1 N–H and O–H groups in total. The first kappa shape index (κ1) is 16.8. The molecule has 6 nitrogen and oxygen atoms in total. The fourth-order valence-electron chi connectivity index (χ4n) is 2.69. The van der Waals surface area contributed by atoms with Crippen LogP contribution in [0.5, 0.6) is 0 Å². The van der Waals surface area contributed by atoms with Gasteiger partial charge < -0.3 is 14.6 Å². The normalized spacial score (nSPS) is 14.5. The lowest BCUT2D eigenvalue weighted by molar-refractivity contribution is -0.127. The average molecular weight is 347 g/mol. The number of oxazole rings is 1. The molecule has 2 heterocycles. The maximum absolute atomic E-state index is 11.9. The minimum atomic E-state index is -0.0498. The molecule has 0 saturated carbocycles. The van der Waals surface area contributed by atoms with Crippen molar-refractivity contribution in [2.24, 2.45) is 0 Å². The van der Waals surface area contributed by atoms with Crippen LogP contribution >= 0.6 is 11.8 Å². The molecule has 0 spiro atoms. The summed E-state index contributed by atoms with van der Waals surface area (Å²) in [5, 5.41) is 3.38. The van der Waals surface area contributed by atoms with Crippen LogP contribution in [0, 0.1) is 6.92 Å². The summed E-state index contributed by atoms with van der Waals surface area (Å²) in [6.45, 7) is 4.15. The number of hydrogen-bond acceptors (Lipinski definition) is 5. The number of nitrogens with one attached hydrogen (secondary N) is 1. The Balaban J connectivity index is 1.37. The maximum Gasteiger partial charge on any atom is 0.257 e. The Morgan fingerprint density at radius 2 is 2.33 bits per heavy atom. The van der Waals surface area contributed by atoms with E-state index in [2.05, 4.69) is 10.3 Å². The number of benzene rings is 1. The van der Waals surface area contributed by atoms with Gasteiger partial charge in [-0.2, -0.15) is 0 Å². The largest absolute Gasteiger partial charge is 0.431 e. The highest BCUT2D eigenvalue weighted by atomic mass is 32.2. The van der Waals surface area contributed by atoms with Gasteiger partial charge in [0.1, 0.15) is 5.52 Å². The minimum Gasteiger partial charge on any atom is -0.431 e. The highest BCUT2D eigenvalue weighted by Crippen LogP contribution is 2.23. The fraction of sp³-hybridized carbons (Fsp3) is 0.471. The Labute approximate surface area is 145 Å². The lowest BCUT2D eigenvalue weighted by Crippen LogP contribution is -2.31. The van der Waals surface area contributed by atoms with Crippen molar-refractivity contribution in [3.05, 3.63) is 23.8 Å². The third kappa shape index (κ3) is 4.29. The predicted molar refractivity (Wildman–Crippen MR) is 92.9 cm³/mol. The van der Waals surface area contributed by atoms with Crippen molar-refractivity contribution in [3.63, 3.8) is 0 Å². The quantitative estimate of drug-likeness (QED) is 0.615. The average Bonchev–Trinajstić information content (AvgIpc) is 3.15. The molecule has 0 bridgehead atoms. The third-order valence-corrected chi connectivity index (χ3v) is 4.78. The van der Waals surface area contributed by atoms with Gasteiger partial charge in [-0.25, -0.2) is 4.98 Å². The zero-order valence-electron chi connectivity index (χ0n) is 13.7. The molecule has 0 unspecified atom stereocenters. The standard InChI is InChI=1S/C17H21N3O3S/c1-12-5-6-14-13(10-12)19-17(23-14)24-11-15(21)18-7-3-9-20-8-2-4-16(20)22/h5-6,10H,2-4,7-9,11H2,1H3,(H,18,21). The number of rotatable bonds is 7. The number of aryl methyl sites for hydroxylation is 1. The van der Waals surface area contributed by atoms with E-state index in [-0.39, 0.29) is 17.6 Å². The van der Waals surface area contributed by atoms with Crippen molar-refractivity contribution in [1.29, 1.82) is 0 Å². The molecular formula is C17H21N3O3S. The molecule has 0 radical (unpaired) electrons. The molecule has 1 aliphatic rings. The second-order valence-corrected chi connectivity index (χ2v) is 6.85. The summed E-state index contributed by atoms with van der Waals surface area (Å²) in [5.74, 6) is 0.448. The van der Waals surface area contributed by atoms with Crippen LogP contribution in [0.4, 0.5) is 0 Å². The Morgan fingerprint density at radius 1 is 1.46 bits per heavy atom. The highest BCUT2D eigenvalue weighted by Gasteiger charge is 2.19. The topological polar surface area (TPSA) is 75.4 Å². The van der Waals surface area contributed by atoms with E-state index in [0.29, 0.717) is 18.2 Å². The van der Waals surface area contributed by atoms with Crippen LogP contribution in [0.3, 0.4) is 0 Å². The zero-order valence-corrected chi connectivity index (χ0v) is 14.5. The first-order chi connectivity index (χ1) is 11.6. The van der Waals surface area contributed by atoms with Crippen LogP contribution in [-0.4, -0.2) is 47.1 Å². The van der Waals surface area contributed by atoms with Crippen molar-refractivity contribution in [1.82, 2.24) is 15.2 Å². The SMILES string of the molecule is Cc1ccc2oc(SCC(=O)NCCCN3CCCC3=O)nc2c1. The van der Waals surface area contributed by atoms with E-state index in [9.17, 15) is 9.59 Å². The van der Waals surface area contributed by atoms with Crippen molar-refractivity contribution in [2.75, 3.05) is 25.4 Å². The predicted octanol–water partition coefficient (Wildman–Crippen LogP) is 2.36. The van der Waals surface area contributed by atoms with Gasteiger partial charge in [-0.05, 0) is 37.5 Å². The summed E-state index contributed by atoms with van der Waals surface area (Å²) in [6.07, 6.45) is 2.39. The molecule has 128 valence electrons. The van der Waals surface area contributed by atoms with E-state index in [1.54, 1.807) is 0 Å². The number of thioether (sulfide) groups is 1. The maximum atomic E-state index is 11.9. The molecule has 2 amide bonds. The molecular weight excluding hydrogens is 326 g/mol. The second kappa shape index (κ2) is 7.70. The molecule has 1 saturated heterocycles. The molecule has 0 atom stereocenters. The summed E-state index contributed by atoms with van der Waals surface area (Å²) in [5.41, 5.74) is 2.67. The van der Waals surface area contributed by atoms with E-state index < -0.39 is 0 Å². The number of aromatic nitrogens is 1. The second-order valence-electron chi connectivity index (χ2n) is 5.93. The number of carbonyl (C=O) groups excluding carboxylic acids is 2. The van der Waals surface area contributed by atoms with Crippen LogP contribution in [0.2, 0.25) is 0 Å². The summed E-state index contributed by atoms with van der Waals surface area (Å²) < 4.78 is 5.61. The highest BCUT2D eigenvalue weighted by molar-refractivity contribution is 7.99. The summed E-state index contributed by atoms with van der Waals surface area (Å²) in [6, 6.07) is 5.82. The van der Waals surface area contributed by atoms with Gasteiger partial charge in [0.15, 0.2) is 5.58 Å². The van der Waals surface area contributed by atoms with Gasteiger partial charge in [-0.1, -0.05) is 17.8 Å². The molecule has 1 aliphatic heterocycles. The minimum absolute atomic E-state index is 0.0498. The molecule has 1 fully saturated rings. The fourth-order valence-corrected chi connectivity index (χ4v) is 3.36. The molecule has 3 rings (SSSR count). The first-order valence-corrected chi connectivity index (χ1v) is 9.15. The Hall–Kier alpha value is -2.02. The van der Waals surface area contributed by atoms with Crippen LogP contribution in [-0.2, 0) is 9.59 Å². The molecule has 2 aromatic rings. The number of fused-ring (bicyclic) bond motifs is 1. The number of likely N-dealkylation sites (tertiary alicyclic amines) is 1. The Bertz CT molecular complexity index is 744. The van der Waals surface area contributed by atoms with E-state index in [0.717, 1.165) is 42.6 Å². The van der Waals surface area contributed by atoms with Gasteiger partial charge in [-0.15, -0.1) is 0 Å². The van der Waals surface area contributed by atoms with Crippen LogP contribution in [0.25, 0.3) is 11.1 Å². The zero-order chi connectivity index (χ0) is 16.9. The number of carbonyl (C=O) groups is 2. The van der Waals surface area contributed by atoms with Crippen LogP contribution in [0.15, 0.2) is 27.8 Å². The number of nitrogens with zero attached hydrogens (tertiary/aromatic N) is 2. The van der Waals surface area contributed by atoms with Crippen molar-refractivity contribution in [2.45, 2.75) is 31.4 Å². The van der Waals surface area contributed by atoms with E-state index in [4.69, 9.17) is 4.42 Å². The molecule has 0 aliphatic carbocycles. The summed E-state index contributed by atoms with van der Waals surface area (Å²) in [7, 11) is 0. The molecule has 7 heteroatoms. The van der Waals surface area contributed by atoms with E-state index in [1.165, 1.54) is 11.8 Å². The van der Waals surface area contributed by atoms with Crippen molar-refractivity contribution >= 4 is 34.7 Å². The Kier molecular flexibility index (Phi) is 5.40. The van der Waals surface area contributed by atoms with E-state index in [1.807, 2.05) is 30.0 Å². The van der Waals surface area contributed by atoms with Crippen molar-refractivity contribution < 1.29 is 14.0 Å².